The zero-order valence-electron chi connectivity index (χ0n) is 14.1. The van der Waals surface area contributed by atoms with Gasteiger partial charge in [-0.1, -0.05) is 12.1 Å². The van der Waals surface area contributed by atoms with Crippen LogP contribution in [0, 0.1) is 10.1 Å². The first kappa shape index (κ1) is 18.7. The van der Waals surface area contributed by atoms with E-state index in [1.807, 2.05) is 43.3 Å². The van der Waals surface area contributed by atoms with E-state index in [1.165, 1.54) is 7.11 Å². The van der Waals surface area contributed by atoms with E-state index in [0.29, 0.717) is 0 Å². The lowest BCUT2D eigenvalue weighted by Crippen LogP contribution is -2.23. The van der Waals surface area contributed by atoms with Crippen molar-refractivity contribution in [2.24, 2.45) is 0 Å². The lowest BCUT2D eigenvalue weighted by Gasteiger charge is -2.13. The summed E-state index contributed by atoms with van der Waals surface area (Å²) in [7, 11) is 1.21. The predicted octanol–water partition coefficient (Wildman–Crippen LogP) is 2.15. The van der Waals surface area contributed by atoms with E-state index in [1.54, 1.807) is 0 Å². The number of ether oxygens (including phenoxy) is 1. The SMILES string of the molecule is COc1cc([N+](=O)[O-])ccc1S(=O)(=O)NCc1ccc(N(C)C)cc1. The number of nitrogens with zero attached hydrogens (tertiary/aromatic N) is 2. The number of nitro benzene ring substituents is 1. The quantitative estimate of drug-likeness (QED) is 0.596. The van der Waals surface area contributed by atoms with E-state index < -0.39 is 14.9 Å². The summed E-state index contributed by atoms with van der Waals surface area (Å²) in [4.78, 5) is 12.0. The van der Waals surface area contributed by atoms with Crippen LogP contribution < -0.4 is 14.4 Å². The molecule has 0 saturated heterocycles. The number of nitro groups is 1. The molecule has 0 aliphatic carbocycles. The standard InChI is InChI=1S/C16H19N3O5S/c1-18(2)13-6-4-12(5-7-13)11-17-25(22,23)16-9-8-14(19(20)21)10-15(16)24-3/h4-10,17H,11H2,1-3H3. The summed E-state index contributed by atoms with van der Waals surface area (Å²) in [6.45, 7) is 0.0934. The fourth-order valence-electron chi connectivity index (χ4n) is 2.16. The van der Waals surface area contributed by atoms with Gasteiger partial charge in [0.1, 0.15) is 10.6 Å². The highest BCUT2D eigenvalue weighted by molar-refractivity contribution is 7.89. The number of sulfonamides is 1. The Bertz CT molecular complexity index is 864. The molecule has 0 aromatic heterocycles. The normalized spacial score (nSPS) is 11.2. The Morgan fingerprint density at radius 1 is 1.16 bits per heavy atom. The van der Waals surface area contributed by atoms with Crippen LogP contribution in [-0.2, 0) is 16.6 Å². The minimum atomic E-state index is -3.88. The van der Waals surface area contributed by atoms with Gasteiger partial charge < -0.3 is 9.64 Å². The highest BCUT2D eigenvalue weighted by Gasteiger charge is 2.22. The molecule has 2 aromatic carbocycles. The van der Waals surface area contributed by atoms with Gasteiger partial charge in [-0.05, 0) is 23.8 Å². The molecule has 0 atom stereocenters. The van der Waals surface area contributed by atoms with Crippen LogP contribution in [0.25, 0.3) is 0 Å². The summed E-state index contributed by atoms with van der Waals surface area (Å²) in [6.07, 6.45) is 0. The molecule has 0 amide bonds. The summed E-state index contributed by atoms with van der Waals surface area (Å²) < 4.78 is 32.4. The minimum Gasteiger partial charge on any atom is -0.495 e. The van der Waals surface area contributed by atoms with Crippen LogP contribution in [0.1, 0.15) is 5.56 Å². The maximum absolute atomic E-state index is 12.5. The third-order valence-electron chi connectivity index (χ3n) is 3.57. The van der Waals surface area contributed by atoms with E-state index in [0.717, 1.165) is 29.4 Å². The highest BCUT2D eigenvalue weighted by Crippen LogP contribution is 2.28. The van der Waals surface area contributed by atoms with Gasteiger partial charge in [-0.25, -0.2) is 13.1 Å². The first-order valence-corrected chi connectivity index (χ1v) is 8.81. The second kappa shape index (κ2) is 7.49. The van der Waals surface area contributed by atoms with Crippen molar-refractivity contribution < 1.29 is 18.1 Å². The zero-order valence-corrected chi connectivity index (χ0v) is 14.9. The van der Waals surface area contributed by atoms with Gasteiger partial charge in [-0.2, -0.15) is 0 Å². The van der Waals surface area contributed by atoms with Gasteiger partial charge in [0.2, 0.25) is 10.0 Å². The van der Waals surface area contributed by atoms with Crippen molar-refractivity contribution in [3.8, 4) is 5.75 Å². The zero-order chi connectivity index (χ0) is 18.6. The Morgan fingerprint density at radius 3 is 2.32 bits per heavy atom. The topological polar surface area (TPSA) is 102 Å². The number of benzene rings is 2. The Kier molecular flexibility index (Phi) is 5.60. The Morgan fingerprint density at radius 2 is 1.80 bits per heavy atom. The predicted molar refractivity (Wildman–Crippen MR) is 94.4 cm³/mol. The number of hydrogen-bond donors (Lipinski definition) is 1. The van der Waals surface area contributed by atoms with E-state index in [2.05, 4.69) is 4.72 Å². The second-order valence-corrected chi connectivity index (χ2v) is 7.21. The van der Waals surface area contributed by atoms with Crippen LogP contribution >= 0.6 is 0 Å². The maximum atomic E-state index is 12.5. The van der Waals surface area contributed by atoms with Gasteiger partial charge in [-0.15, -0.1) is 0 Å². The molecule has 2 aromatic rings. The summed E-state index contributed by atoms with van der Waals surface area (Å²) >= 11 is 0. The van der Waals surface area contributed by atoms with Crippen molar-refractivity contribution in [1.82, 2.24) is 4.72 Å². The monoisotopic (exact) mass is 365 g/mol. The first-order valence-electron chi connectivity index (χ1n) is 7.33. The van der Waals surface area contributed by atoms with Crippen molar-refractivity contribution in [2.45, 2.75) is 11.4 Å². The molecule has 25 heavy (non-hydrogen) atoms. The van der Waals surface area contributed by atoms with Crippen LogP contribution in [0.2, 0.25) is 0 Å². The number of anilines is 1. The smallest absolute Gasteiger partial charge is 0.273 e. The fourth-order valence-corrected chi connectivity index (χ4v) is 3.33. The summed E-state index contributed by atoms with van der Waals surface area (Å²) in [6, 6.07) is 10.8. The van der Waals surface area contributed by atoms with Crippen molar-refractivity contribution in [2.75, 3.05) is 26.1 Å². The van der Waals surface area contributed by atoms with Crippen LogP contribution in [0.3, 0.4) is 0 Å². The molecular weight excluding hydrogens is 346 g/mol. The molecular formula is C16H19N3O5S. The van der Waals surface area contributed by atoms with Gasteiger partial charge in [-0.3, -0.25) is 10.1 Å². The Balaban J connectivity index is 2.20. The molecule has 0 heterocycles. The van der Waals surface area contributed by atoms with Gasteiger partial charge in [0.25, 0.3) is 5.69 Å². The number of non-ortho nitro benzene ring substituents is 1. The fraction of sp³-hybridized carbons (Fsp3) is 0.250. The lowest BCUT2D eigenvalue weighted by molar-refractivity contribution is -0.385. The number of hydrogen-bond acceptors (Lipinski definition) is 6. The molecule has 0 spiro atoms. The molecule has 0 fully saturated rings. The van der Waals surface area contributed by atoms with Crippen LogP contribution in [0.4, 0.5) is 11.4 Å². The lowest BCUT2D eigenvalue weighted by atomic mass is 10.2. The van der Waals surface area contributed by atoms with E-state index in [-0.39, 0.29) is 22.9 Å². The van der Waals surface area contributed by atoms with Crippen molar-refractivity contribution in [3.63, 3.8) is 0 Å². The molecule has 134 valence electrons. The average molecular weight is 365 g/mol. The number of nitrogens with one attached hydrogen (secondary N) is 1. The summed E-state index contributed by atoms with van der Waals surface area (Å²) in [5, 5.41) is 10.8. The molecule has 0 aliphatic rings. The number of rotatable bonds is 7. The maximum Gasteiger partial charge on any atom is 0.273 e. The second-order valence-electron chi connectivity index (χ2n) is 5.48. The third kappa shape index (κ3) is 4.46. The van der Waals surface area contributed by atoms with Crippen molar-refractivity contribution in [1.29, 1.82) is 0 Å². The van der Waals surface area contributed by atoms with E-state index in [4.69, 9.17) is 4.74 Å². The molecule has 0 saturated carbocycles. The van der Waals surface area contributed by atoms with Gasteiger partial charge in [0.15, 0.2) is 0 Å². The molecule has 0 unspecified atom stereocenters. The largest absolute Gasteiger partial charge is 0.495 e. The van der Waals surface area contributed by atoms with Gasteiger partial charge in [0.05, 0.1) is 18.1 Å². The molecule has 8 nitrogen and oxygen atoms in total. The molecule has 0 radical (unpaired) electrons. The average Bonchev–Trinajstić information content (AvgIpc) is 2.59. The van der Waals surface area contributed by atoms with Crippen molar-refractivity contribution in [3.05, 3.63) is 58.1 Å². The number of methoxy groups -OCH3 is 1. The van der Waals surface area contributed by atoms with Crippen molar-refractivity contribution >= 4 is 21.4 Å². The van der Waals surface area contributed by atoms with Crippen LogP contribution in [0.15, 0.2) is 47.4 Å². The molecule has 0 bridgehead atoms. The molecule has 9 heteroatoms. The third-order valence-corrected chi connectivity index (χ3v) is 5.01. The summed E-state index contributed by atoms with van der Waals surface area (Å²) in [5.41, 5.74) is 1.55. The van der Waals surface area contributed by atoms with E-state index >= 15 is 0 Å². The van der Waals surface area contributed by atoms with E-state index in [9.17, 15) is 18.5 Å². The first-order chi connectivity index (χ1) is 11.7. The van der Waals surface area contributed by atoms with Gasteiger partial charge >= 0.3 is 0 Å². The van der Waals surface area contributed by atoms with Crippen LogP contribution in [-0.4, -0.2) is 34.5 Å². The Hall–Kier alpha value is -2.65. The summed E-state index contributed by atoms with van der Waals surface area (Å²) in [5.74, 6) is -0.0790. The highest BCUT2D eigenvalue weighted by atomic mass is 32.2. The Labute approximate surface area is 146 Å². The van der Waals surface area contributed by atoms with Crippen LogP contribution in [0.5, 0.6) is 5.75 Å². The molecule has 0 aliphatic heterocycles. The van der Waals surface area contributed by atoms with Gasteiger partial charge in [0, 0.05) is 32.4 Å². The molecule has 1 N–H and O–H groups in total. The minimum absolute atomic E-state index is 0.0790. The molecule has 2 rings (SSSR count).